The van der Waals surface area contributed by atoms with Crippen LogP contribution < -0.4 is 4.90 Å². The molecule has 1 aromatic heterocycles. The summed E-state index contributed by atoms with van der Waals surface area (Å²) in [6.07, 6.45) is 1.61. The summed E-state index contributed by atoms with van der Waals surface area (Å²) < 4.78 is 0. The van der Waals surface area contributed by atoms with Gasteiger partial charge in [-0.15, -0.1) is 0 Å². The molecular formula is C33H32N4. The van der Waals surface area contributed by atoms with E-state index in [1.807, 2.05) is 30.3 Å². The standard InChI is InChI=1S/C33H32N4/c1-21-16-22(2)18-29(17-21)37(6)28-14-12-26(13-15-28)30-23(3)19-24(4)31(25(30)5)33-35-20-34-32(36-33)27-10-8-7-9-11-27/h7-20H,1-6H3. The summed E-state index contributed by atoms with van der Waals surface area (Å²) in [5.74, 6) is 1.39. The van der Waals surface area contributed by atoms with Crippen LogP contribution in [0.1, 0.15) is 27.8 Å². The van der Waals surface area contributed by atoms with Crippen LogP contribution in [0.5, 0.6) is 0 Å². The zero-order valence-electron chi connectivity index (χ0n) is 22.4. The fraction of sp³-hybridized carbons (Fsp3) is 0.182. The van der Waals surface area contributed by atoms with E-state index in [1.54, 1.807) is 6.33 Å². The minimum absolute atomic E-state index is 0.685. The Labute approximate surface area is 219 Å². The molecule has 0 spiro atoms. The third-order valence-electron chi connectivity index (χ3n) is 6.94. The first kappa shape index (κ1) is 24.4. The van der Waals surface area contributed by atoms with Crippen molar-refractivity contribution < 1.29 is 0 Å². The van der Waals surface area contributed by atoms with Crippen LogP contribution in [0.3, 0.4) is 0 Å². The Morgan fingerprint density at radius 2 is 1.19 bits per heavy atom. The second-order valence-corrected chi connectivity index (χ2v) is 9.84. The van der Waals surface area contributed by atoms with Crippen LogP contribution >= 0.6 is 0 Å². The molecule has 0 N–H and O–H groups in total. The van der Waals surface area contributed by atoms with E-state index in [1.165, 1.54) is 39.1 Å². The van der Waals surface area contributed by atoms with Crippen molar-refractivity contribution in [3.63, 3.8) is 0 Å². The van der Waals surface area contributed by atoms with Crippen LogP contribution in [-0.2, 0) is 0 Å². The van der Waals surface area contributed by atoms with Crippen molar-refractivity contribution in [2.24, 2.45) is 0 Å². The topological polar surface area (TPSA) is 41.9 Å². The zero-order valence-corrected chi connectivity index (χ0v) is 22.4. The molecule has 0 saturated carbocycles. The summed E-state index contributed by atoms with van der Waals surface area (Å²) in [6.45, 7) is 10.8. The monoisotopic (exact) mass is 484 g/mol. The van der Waals surface area contributed by atoms with Gasteiger partial charge in [0.05, 0.1) is 0 Å². The van der Waals surface area contributed by atoms with Crippen molar-refractivity contribution in [1.29, 1.82) is 0 Å². The predicted molar refractivity (Wildman–Crippen MR) is 154 cm³/mol. The molecule has 0 aliphatic heterocycles. The lowest BCUT2D eigenvalue weighted by atomic mass is 9.89. The molecule has 5 rings (SSSR count). The first-order valence-electron chi connectivity index (χ1n) is 12.6. The van der Waals surface area contributed by atoms with Gasteiger partial charge in [-0.25, -0.2) is 15.0 Å². The van der Waals surface area contributed by atoms with Gasteiger partial charge in [0.25, 0.3) is 0 Å². The van der Waals surface area contributed by atoms with Gasteiger partial charge in [0, 0.05) is 29.5 Å². The molecule has 4 nitrogen and oxygen atoms in total. The van der Waals surface area contributed by atoms with E-state index in [9.17, 15) is 0 Å². The normalized spacial score (nSPS) is 11.0. The molecule has 0 bridgehead atoms. The van der Waals surface area contributed by atoms with Crippen molar-refractivity contribution in [3.8, 4) is 33.9 Å². The number of hydrogen-bond acceptors (Lipinski definition) is 4. The molecule has 0 unspecified atom stereocenters. The number of aromatic nitrogens is 3. The van der Waals surface area contributed by atoms with Gasteiger partial charge in [-0.2, -0.15) is 0 Å². The number of anilines is 2. The Hall–Kier alpha value is -4.31. The van der Waals surface area contributed by atoms with Crippen molar-refractivity contribution >= 4 is 11.4 Å². The molecule has 0 saturated heterocycles. The van der Waals surface area contributed by atoms with Gasteiger partial charge in [-0.05, 0) is 97.8 Å². The number of nitrogens with zero attached hydrogens (tertiary/aromatic N) is 4. The molecule has 4 heteroatoms. The van der Waals surface area contributed by atoms with Crippen molar-refractivity contribution in [2.75, 3.05) is 11.9 Å². The highest BCUT2D eigenvalue weighted by molar-refractivity contribution is 5.81. The van der Waals surface area contributed by atoms with Crippen LogP contribution in [0.15, 0.2) is 85.2 Å². The van der Waals surface area contributed by atoms with Gasteiger partial charge in [0.15, 0.2) is 11.6 Å². The smallest absolute Gasteiger partial charge is 0.163 e. The highest BCUT2D eigenvalue weighted by atomic mass is 15.1. The third kappa shape index (κ3) is 4.88. The number of hydrogen-bond donors (Lipinski definition) is 0. The molecule has 1 heterocycles. The van der Waals surface area contributed by atoms with E-state index < -0.39 is 0 Å². The van der Waals surface area contributed by atoms with E-state index in [0.717, 1.165) is 22.4 Å². The Bertz CT molecular complexity index is 1550. The molecular weight excluding hydrogens is 452 g/mol. The van der Waals surface area contributed by atoms with E-state index in [-0.39, 0.29) is 0 Å². The van der Waals surface area contributed by atoms with Crippen LogP contribution in [0, 0.1) is 34.6 Å². The SMILES string of the molecule is Cc1cc(C)cc(N(C)c2ccc(-c3c(C)cc(C)c(-c4ncnc(-c5ccccc5)n4)c3C)cc2)c1. The van der Waals surface area contributed by atoms with Crippen LogP contribution in [0.25, 0.3) is 33.9 Å². The van der Waals surface area contributed by atoms with Crippen LogP contribution in [0.2, 0.25) is 0 Å². The molecule has 0 aliphatic carbocycles. The molecule has 0 fully saturated rings. The highest BCUT2D eigenvalue weighted by Gasteiger charge is 2.17. The molecule has 0 amide bonds. The summed E-state index contributed by atoms with van der Waals surface area (Å²) in [4.78, 5) is 16.1. The maximum Gasteiger partial charge on any atom is 0.163 e. The van der Waals surface area contributed by atoms with E-state index >= 15 is 0 Å². The zero-order chi connectivity index (χ0) is 26.1. The third-order valence-corrected chi connectivity index (χ3v) is 6.94. The molecule has 0 aliphatic rings. The summed E-state index contributed by atoms with van der Waals surface area (Å²) in [7, 11) is 2.12. The lowest BCUT2D eigenvalue weighted by Gasteiger charge is -2.22. The summed E-state index contributed by atoms with van der Waals surface area (Å²) in [6, 6.07) is 27.8. The van der Waals surface area contributed by atoms with Crippen LogP contribution in [-0.4, -0.2) is 22.0 Å². The maximum absolute atomic E-state index is 4.86. The minimum Gasteiger partial charge on any atom is -0.345 e. The van der Waals surface area contributed by atoms with E-state index in [4.69, 9.17) is 4.98 Å². The average molecular weight is 485 g/mol. The van der Waals surface area contributed by atoms with Crippen molar-refractivity contribution in [2.45, 2.75) is 34.6 Å². The fourth-order valence-electron chi connectivity index (χ4n) is 5.26. The van der Waals surface area contributed by atoms with Gasteiger partial charge in [0.2, 0.25) is 0 Å². The Morgan fingerprint density at radius 1 is 0.568 bits per heavy atom. The van der Waals surface area contributed by atoms with E-state index in [0.29, 0.717) is 11.6 Å². The van der Waals surface area contributed by atoms with Gasteiger partial charge in [-0.3, -0.25) is 0 Å². The minimum atomic E-state index is 0.685. The Balaban J connectivity index is 1.54. The maximum atomic E-state index is 4.86. The molecule has 5 aromatic rings. The first-order chi connectivity index (χ1) is 17.8. The molecule has 184 valence electrons. The lowest BCUT2D eigenvalue weighted by Crippen LogP contribution is -2.09. The van der Waals surface area contributed by atoms with Crippen molar-refractivity contribution in [3.05, 3.63) is 113 Å². The van der Waals surface area contributed by atoms with E-state index in [2.05, 4.69) is 105 Å². The average Bonchev–Trinajstić information content (AvgIpc) is 2.88. The van der Waals surface area contributed by atoms with Gasteiger partial charge < -0.3 is 4.90 Å². The summed E-state index contributed by atoms with van der Waals surface area (Å²) >= 11 is 0. The van der Waals surface area contributed by atoms with Crippen molar-refractivity contribution in [1.82, 2.24) is 15.0 Å². The molecule has 0 radical (unpaired) electrons. The Kier molecular flexibility index (Phi) is 6.58. The molecule has 4 aromatic carbocycles. The van der Waals surface area contributed by atoms with Gasteiger partial charge in [0.1, 0.15) is 6.33 Å². The summed E-state index contributed by atoms with van der Waals surface area (Å²) in [5, 5.41) is 0. The quantitative estimate of drug-likeness (QED) is 0.252. The highest BCUT2D eigenvalue weighted by Crippen LogP contribution is 2.37. The second-order valence-electron chi connectivity index (χ2n) is 9.84. The van der Waals surface area contributed by atoms with Crippen LogP contribution in [0.4, 0.5) is 11.4 Å². The van der Waals surface area contributed by atoms with Gasteiger partial charge in [-0.1, -0.05) is 54.6 Å². The number of benzene rings is 4. The lowest BCUT2D eigenvalue weighted by molar-refractivity contribution is 1.06. The Morgan fingerprint density at radius 3 is 1.86 bits per heavy atom. The summed E-state index contributed by atoms with van der Waals surface area (Å²) in [5.41, 5.74) is 12.9. The predicted octanol–water partition coefficient (Wildman–Crippen LogP) is 8.18. The fourth-order valence-corrected chi connectivity index (χ4v) is 5.26. The second kappa shape index (κ2) is 9.98. The molecule has 37 heavy (non-hydrogen) atoms. The first-order valence-corrected chi connectivity index (χ1v) is 12.6. The van der Waals surface area contributed by atoms with Gasteiger partial charge >= 0.3 is 0 Å². The number of aryl methyl sites for hydroxylation is 4. The molecule has 0 atom stereocenters. The largest absolute Gasteiger partial charge is 0.345 e. The number of rotatable bonds is 5.